The molecule has 29 heavy (non-hydrogen) atoms. The van der Waals surface area contributed by atoms with E-state index >= 15 is 0 Å². The van der Waals surface area contributed by atoms with Gasteiger partial charge in [0.25, 0.3) is 0 Å². The van der Waals surface area contributed by atoms with Crippen molar-refractivity contribution < 1.29 is 9.84 Å². The topological polar surface area (TPSA) is 29.5 Å². The molecule has 4 heteroatoms. The number of hydrogen-bond donors (Lipinski definition) is 1. The molecule has 0 radical (unpaired) electrons. The van der Waals surface area contributed by atoms with Gasteiger partial charge in [-0.3, -0.25) is 0 Å². The summed E-state index contributed by atoms with van der Waals surface area (Å²) >= 11 is 3.64. The first-order valence-electron chi connectivity index (χ1n) is 10.4. The number of ether oxygens (including phenoxy) is 1. The predicted molar refractivity (Wildman–Crippen MR) is 126 cm³/mol. The normalized spacial score (nSPS) is 24.0. The van der Waals surface area contributed by atoms with Crippen molar-refractivity contribution in [3.8, 4) is 5.75 Å². The first-order chi connectivity index (χ1) is 13.7. The Kier molecular flexibility index (Phi) is 5.71. The average molecular weight is 427 g/mol. The minimum absolute atomic E-state index is 0.546. The van der Waals surface area contributed by atoms with Crippen LogP contribution >= 0.6 is 23.1 Å². The van der Waals surface area contributed by atoms with E-state index in [0.29, 0.717) is 16.9 Å². The zero-order chi connectivity index (χ0) is 20.8. The smallest absolute Gasteiger partial charge is 0.241 e. The lowest BCUT2D eigenvalue weighted by Crippen LogP contribution is -2.27. The van der Waals surface area contributed by atoms with Gasteiger partial charge in [0, 0.05) is 23.0 Å². The molecule has 2 nitrogen and oxygen atoms in total. The van der Waals surface area contributed by atoms with Crippen molar-refractivity contribution in [1.29, 1.82) is 0 Å². The van der Waals surface area contributed by atoms with E-state index in [1.165, 1.54) is 39.3 Å². The van der Waals surface area contributed by atoms with Crippen LogP contribution in [-0.4, -0.2) is 10.4 Å². The maximum Gasteiger partial charge on any atom is 0.241 e. The van der Waals surface area contributed by atoms with Crippen LogP contribution in [-0.2, 0) is 5.79 Å². The summed E-state index contributed by atoms with van der Waals surface area (Å²) in [5.74, 6) is -0.106. The van der Waals surface area contributed by atoms with E-state index in [4.69, 9.17) is 4.74 Å². The van der Waals surface area contributed by atoms with Gasteiger partial charge in [-0.05, 0) is 74.3 Å². The maximum atomic E-state index is 11.1. The lowest BCUT2D eigenvalue weighted by Gasteiger charge is -2.23. The Labute approximate surface area is 182 Å². The van der Waals surface area contributed by atoms with E-state index in [9.17, 15) is 5.11 Å². The fraction of sp³-hybridized carbons (Fsp3) is 0.440. The zero-order valence-corrected chi connectivity index (χ0v) is 19.5. The van der Waals surface area contributed by atoms with Crippen molar-refractivity contribution in [2.45, 2.75) is 64.9 Å². The molecular weight excluding hydrogens is 396 g/mol. The van der Waals surface area contributed by atoms with E-state index < -0.39 is 5.79 Å². The van der Waals surface area contributed by atoms with Gasteiger partial charge in [-0.15, -0.1) is 23.1 Å². The van der Waals surface area contributed by atoms with Gasteiger partial charge < -0.3 is 9.84 Å². The number of hydrogen-bond acceptors (Lipinski definition) is 4. The van der Waals surface area contributed by atoms with Crippen molar-refractivity contribution >= 4 is 28.7 Å². The monoisotopic (exact) mass is 426 g/mol. The lowest BCUT2D eigenvalue weighted by molar-refractivity contribution is -0.126. The van der Waals surface area contributed by atoms with Gasteiger partial charge in [0.05, 0.1) is 4.88 Å². The molecule has 1 aromatic carbocycles. The molecule has 2 aliphatic rings. The number of benzene rings is 1. The highest BCUT2D eigenvalue weighted by atomic mass is 32.2. The van der Waals surface area contributed by atoms with E-state index in [-0.39, 0.29) is 0 Å². The molecule has 154 valence electrons. The Bertz CT molecular complexity index is 963. The quantitative estimate of drug-likeness (QED) is 0.513. The summed E-state index contributed by atoms with van der Waals surface area (Å²) in [7, 11) is 0. The molecule has 2 heterocycles. The second kappa shape index (κ2) is 7.98. The van der Waals surface area contributed by atoms with Crippen LogP contribution in [0.15, 0.2) is 46.9 Å². The Hall–Kier alpha value is -1.49. The molecule has 0 spiro atoms. The Morgan fingerprint density at radius 1 is 1.10 bits per heavy atom. The Morgan fingerprint density at radius 3 is 2.48 bits per heavy atom. The van der Waals surface area contributed by atoms with E-state index in [2.05, 4.69) is 32.9 Å². The van der Waals surface area contributed by atoms with Gasteiger partial charge in [-0.2, -0.15) is 0 Å². The van der Waals surface area contributed by atoms with E-state index in [1.54, 1.807) is 23.8 Å². The van der Waals surface area contributed by atoms with Crippen molar-refractivity contribution in [2.75, 3.05) is 0 Å². The number of rotatable bonds is 5. The molecule has 1 N–H and O–H groups in total. The van der Waals surface area contributed by atoms with Crippen molar-refractivity contribution in [1.82, 2.24) is 0 Å². The molecule has 3 atom stereocenters. The third kappa shape index (κ3) is 4.21. The van der Waals surface area contributed by atoms with E-state index in [1.807, 2.05) is 43.0 Å². The average Bonchev–Trinajstić information content (AvgIpc) is 3.35. The highest BCUT2D eigenvalue weighted by Crippen LogP contribution is 2.48. The number of thioether (sulfide) groups is 1. The first kappa shape index (κ1) is 20.8. The Balaban J connectivity index is 1.65. The van der Waals surface area contributed by atoms with Gasteiger partial charge in [-0.1, -0.05) is 36.3 Å². The van der Waals surface area contributed by atoms with Crippen LogP contribution in [0.3, 0.4) is 0 Å². The fourth-order valence-corrected chi connectivity index (χ4v) is 6.75. The highest BCUT2D eigenvalue weighted by Gasteiger charge is 2.33. The lowest BCUT2D eigenvalue weighted by atomic mass is 9.90. The summed E-state index contributed by atoms with van der Waals surface area (Å²) in [4.78, 5) is 3.57. The minimum atomic E-state index is -1.34. The zero-order valence-electron chi connectivity index (χ0n) is 17.9. The molecule has 1 aliphatic carbocycles. The molecule has 4 rings (SSSR count). The van der Waals surface area contributed by atoms with Crippen LogP contribution < -0.4 is 4.74 Å². The van der Waals surface area contributed by atoms with Gasteiger partial charge in [0.1, 0.15) is 5.75 Å². The molecule has 0 fully saturated rings. The van der Waals surface area contributed by atoms with Crippen LogP contribution in [0.4, 0.5) is 0 Å². The molecule has 0 saturated heterocycles. The van der Waals surface area contributed by atoms with Gasteiger partial charge in [-0.25, -0.2) is 0 Å². The third-order valence-electron chi connectivity index (χ3n) is 5.99. The van der Waals surface area contributed by atoms with Gasteiger partial charge in [0.2, 0.25) is 5.79 Å². The van der Waals surface area contributed by atoms with Crippen LogP contribution in [0.25, 0.3) is 5.57 Å². The molecular formula is C25H30O2S2. The standard InChI is InChI=1S/C25H30O2S2/c1-15-9-11-19(12-10-15)27-25(5,26)24-14-23(18(4)29-24)21-8-6-7-20(21)22-13-16(2)28-17(22)3/h9-14,17,22,26H,6-8H2,1-5H3/t17?,22-,25?/m1/s1. The minimum Gasteiger partial charge on any atom is -0.458 e. The number of allylic oxidation sites excluding steroid dienone is 4. The van der Waals surface area contributed by atoms with Gasteiger partial charge >= 0.3 is 0 Å². The highest BCUT2D eigenvalue weighted by molar-refractivity contribution is 8.03. The second-order valence-electron chi connectivity index (χ2n) is 8.46. The van der Waals surface area contributed by atoms with Crippen molar-refractivity contribution in [2.24, 2.45) is 5.92 Å². The number of aliphatic hydroxyl groups is 1. The van der Waals surface area contributed by atoms with Crippen LogP contribution in [0.5, 0.6) is 5.75 Å². The molecule has 0 amide bonds. The fourth-order valence-electron chi connectivity index (χ4n) is 4.52. The summed E-state index contributed by atoms with van der Waals surface area (Å²) in [5, 5.41) is 11.7. The SMILES string of the molecule is CC1=C[C@@H](C2=C(c3cc(C(C)(O)Oc4ccc(C)cc4)sc3C)CCC2)C(C)S1. The van der Waals surface area contributed by atoms with Crippen LogP contribution in [0, 0.1) is 19.8 Å². The molecule has 1 aliphatic heterocycles. The number of aryl methyl sites for hydroxylation is 2. The summed E-state index contributed by atoms with van der Waals surface area (Å²) in [6, 6.07) is 10.00. The summed E-state index contributed by atoms with van der Waals surface area (Å²) in [5.41, 5.74) is 5.59. The Morgan fingerprint density at radius 2 is 1.83 bits per heavy atom. The molecule has 1 aromatic heterocycles. The van der Waals surface area contributed by atoms with Crippen molar-refractivity contribution in [3.63, 3.8) is 0 Å². The molecule has 0 bridgehead atoms. The third-order valence-corrected chi connectivity index (χ3v) is 8.41. The molecule has 0 saturated carbocycles. The second-order valence-corrected chi connectivity index (χ2v) is 11.3. The molecule has 2 unspecified atom stereocenters. The summed E-state index contributed by atoms with van der Waals surface area (Å²) < 4.78 is 5.97. The summed E-state index contributed by atoms with van der Waals surface area (Å²) in [6.07, 6.45) is 6.01. The van der Waals surface area contributed by atoms with Crippen LogP contribution in [0.1, 0.15) is 60.9 Å². The number of thiophene rings is 1. The van der Waals surface area contributed by atoms with Crippen molar-refractivity contribution in [3.05, 3.63) is 67.8 Å². The molecule has 2 aromatic rings. The maximum absolute atomic E-state index is 11.1. The van der Waals surface area contributed by atoms with Gasteiger partial charge in [0.15, 0.2) is 0 Å². The van der Waals surface area contributed by atoms with E-state index in [0.717, 1.165) is 11.3 Å². The van der Waals surface area contributed by atoms with Crippen LogP contribution in [0.2, 0.25) is 0 Å². The predicted octanol–water partition coefficient (Wildman–Crippen LogP) is 7.20. The summed E-state index contributed by atoms with van der Waals surface area (Å²) in [6.45, 7) is 10.5. The largest absolute Gasteiger partial charge is 0.458 e. The first-order valence-corrected chi connectivity index (χ1v) is 12.1.